The highest BCUT2D eigenvalue weighted by Gasteiger charge is 2.31. The zero-order valence-electron chi connectivity index (χ0n) is 14.9. The third kappa shape index (κ3) is 5.26. The zero-order valence-corrected chi connectivity index (χ0v) is 17.3. The minimum Gasteiger partial charge on any atom is -0.324 e. The van der Waals surface area contributed by atoms with E-state index >= 15 is 0 Å². The second-order valence-corrected chi connectivity index (χ2v) is 7.81. The normalized spacial score (nSPS) is 11.5. The number of carbonyl (C=O) groups excluding carboxylic acids is 1. The average molecular weight is 460 g/mol. The molecule has 3 rings (SSSR count). The summed E-state index contributed by atoms with van der Waals surface area (Å²) in [5.74, 6) is -0.537. The van der Waals surface area contributed by atoms with E-state index in [1.165, 1.54) is 0 Å². The first kappa shape index (κ1) is 21.5. The van der Waals surface area contributed by atoms with Gasteiger partial charge in [-0.15, -0.1) is 0 Å². The summed E-state index contributed by atoms with van der Waals surface area (Å²) in [5, 5.41) is 3.64. The van der Waals surface area contributed by atoms with Gasteiger partial charge in [-0.3, -0.25) is 4.79 Å². The van der Waals surface area contributed by atoms with Crippen molar-refractivity contribution in [2.45, 2.75) is 11.3 Å². The number of benzene rings is 2. The molecule has 0 bridgehead atoms. The SMILES string of the molecule is Cn1c(-c2ccc(Cl)cc2)cnc1SCC(=O)Nc1cc(C(F)(F)F)ccc1Cl. The molecule has 0 fully saturated rings. The smallest absolute Gasteiger partial charge is 0.324 e. The molecule has 3 aromatic rings. The van der Waals surface area contributed by atoms with E-state index in [2.05, 4.69) is 10.3 Å². The maximum absolute atomic E-state index is 12.8. The van der Waals surface area contributed by atoms with E-state index in [4.69, 9.17) is 23.2 Å². The molecule has 0 aliphatic rings. The molecule has 152 valence electrons. The van der Waals surface area contributed by atoms with E-state index in [0.717, 1.165) is 41.2 Å². The van der Waals surface area contributed by atoms with Gasteiger partial charge in [-0.1, -0.05) is 47.1 Å². The zero-order chi connectivity index (χ0) is 21.2. The van der Waals surface area contributed by atoms with Crippen LogP contribution < -0.4 is 5.32 Å². The van der Waals surface area contributed by atoms with Crippen LogP contribution in [0.3, 0.4) is 0 Å². The minimum absolute atomic E-state index is 0.0263. The Bertz CT molecular complexity index is 1040. The molecule has 1 N–H and O–H groups in total. The standard InChI is InChI=1S/C19H14Cl2F3N3OS/c1-27-16(11-2-5-13(20)6-3-11)9-25-18(27)29-10-17(28)26-15-8-12(19(22,23)24)4-7-14(15)21/h2-9H,10H2,1H3,(H,26,28). The molecule has 29 heavy (non-hydrogen) atoms. The summed E-state index contributed by atoms with van der Waals surface area (Å²) in [4.78, 5) is 16.5. The van der Waals surface area contributed by atoms with Gasteiger partial charge in [0.15, 0.2) is 5.16 Å². The van der Waals surface area contributed by atoms with E-state index in [1.54, 1.807) is 25.4 Å². The number of imidazole rings is 1. The van der Waals surface area contributed by atoms with Gasteiger partial charge in [0.1, 0.15) is 0 Å². The van der Waals surface area contributed by atoms with Crippen LogP contribution in [-0.4, -0.2) is 21.2 Å². The number of nitrogens with zero attached hydrogens (tertiary/aromatic N) is 2. The van der Waals surface area contributed by atoms with Crippen molar-refractivity contribution in [3.63, 3.8) is 0 Å². The van der Waals surface area contributed by atoms with Gasteiger partial charge in [0.05, 0.1) is 33.9 Å². The van der Waals surface area contributed by atoms with Crippen molar-refractivity contribution in [2.24, 2.45) is 7.05 Å². The summed E-state index contributed by atoms with van der Waals surface area (Å²) >= 11 is 13.0. The van der Waals surface area contributed by atoms with Crippen molar-refractivity contribution in [1.29, 1.82) is 0 Å². The first-order valence-corrected chi connectivity index (χ1v) is 9.96. The number of carbonyl (C=O) groups is 1. The number of rotatable bonds is 5. The summed E-state index contributed by atoms with van der Waals surface area (Å²) in [7, 11) is 1.81. The van der Waals surface area contributed by atoms with Gasteiger partial charge in [-0.2, -0.15) is 13.2 Å². The molecule has 1 aromatic heterocycles. The number of alkyl halides is 3. The van der Waals surface area contributed by atoms with Crippen molar-refractivity contribution >= 4 is 46.6 Å². The second-order valence-electron chi connectivity index (χ2n) is 6.02. The molecule has 1 amide bonds. The number of thioether (sulfide) groups is 1. The Kier molecular flexibility index (Phi) is 6.45. The predicted octanol–water partition coefficient (Wildman–Crippen LogP) is 6.14. The third-order valence-corrected chi connectivity index (χ3v) is 5.61. The number of anilines is 1. The molecule has 4 nitrogen and oxygen atoms in total. The Hall–Kier alpha value is -2.16. The number of aromatic nitrogens is 2. The number of amides is 1. The summed E-state index contributed by atoms with van der Waals surface area (Å²) in [5.41, 5.74) is 0.775. The summed E-state index contributed by atoms with van der Waals surface area (Å²) in [6, 6.07) is 10.0. The van der Waals surface area contributed by atoms with Crippen LogP contribution in [0.2, 0.25) is 10.0 Å². The Balaban J connectivity index is 1.67. The maximum atomic E-state index is 12.8. The van der Waals surface area contributed by atoms with E-state index in [1.807, 2.05) is 16.7 Å². The largest absolute Gasteiger partial charge is 0.416 e. The molecule has 2 aromatic carbocycles. The van der Waals surface area contributed by atoms with Crippen LogP contribution in [0.25, 0.3) is 11.3 Å². The van der Waals surface area contributed by atoms with Crippen LogP contribution in [0, 0.1) is 0 Å². The van der Waals surface area contributed by atoms with Crippen molar-refractivity contribution in [3.8, 4) is 11.3 Å². The molecule has 0 radical (unpaired) electrons. The molecule has 0 aliphatic carbocycles. The van der Waals surface area contributed by atoms with E-state index < -0.39 is 17.6 Å². The number of halogens is 5. The van der Waals surface area contributed by atoms with Crippen LogP contribution in [0.4, 0.5) is 18.9 Å². The number of nitrogens with one attached hydrogen (secondary N) is 1. The molecular formula is C19H14Cl2F3N3OS. The van der Waals surface area contributed by atoms with Crippen LogP contribution >= 0.6 is 35.0 Å². The molecular weight excluding hydrogens is 446 g/mol. The van der Waals surface area contributed by atoms with Gasteiger partial charge < -0.3 is 9.88 Å². The lowest BCUT2D eigenvalue weighted by molar-refractivity contribution is -0.137. The lowest BCUT2D eigenvalue weighted by Gasteiger charge is -2.11. The van der Waals surface area contributed by atoms with E-state index in [-0.39, 0.29) is 16.5 Å². The van der Waals surface area contributed by atoms with Crippen molar-refractivity contribution < 1.29 is 18.0 Å². The fourth-order valence-corrected chi connectivity index (χ4v) is 3.57. The monoisotopic (exact) mass is 459 g/mol. The van der Waals surface area contributed by atoms with Crippen LogP contribution in [-0.2, 0) is 18.0 Å². The van der Waals surface area contributed by atoms with Crippen molar-refractivity contribution in [1.82, 2.24) is 9.55 Å². The third-order valence-electron chi connectivity index (χ3n) is 3.99. The lowest BCUT2D eigenvalue weighted by atomic mass is 10.2. The number of hydrogen-bond donors (Lipinski definition) is 1. The lowest BCUT2D eigenvalue weighted by Crippen LogP contribution is -2.16. The fraction of sp³-hybridized carbons (Fsp3) is 0.158. The second kappa shape index (κ2) is 8.69. The quantitative estimate of drug-likeness (QED) is 0.465. The Morgan fingerprint density at radius 1 is 1.17 bits per heavy atom. The van der Waals surface area contributed by atoms with Gasteiger partial charge in [0.2, 0.25) is 5.91 Å². The van der Waals surface area contributed by atoms with Crippen LogP contribution in [0.1, 0.15) is 5.56 Å². The highest BCUT2D eigenvalue weighted by Crippen LogP contribution is 2.34. The maximum Gasteiger partial charge on any atom is 0.416 e. The van der Waals surface area contributed by atoms with Gasteiger partial charge >= 0.3 is 6.18 Å². The molecule has 0 saturated heterocycles. The highest BCUT2D eigenvalue weighted by molar-refractivity contribution is 7.99. The summed E-state index contributed by atoms with van der Waals surface area (Å²) < 4.78 is 40.3. The summed E-state index contributed by atoms with van der Waals surface area (Å²) in [6.07, 6.45) is -2.85. The molecule has 0 saturated carbocycles. The van der Waals surface area contributed by atoms with Gasteiger partial charge in [-0.05, 0) is 35.9 Å². The Morgan fingerprint density at radius 3 is 2.52 bits per heavy atom. The fourth-order valence-electron chi connectivity index (χ4n) is 2.53. The van der Waals surface area contributed by atoms with Crippen molar-refractivity contribution in [2.75, 3.05) is 11.1 Å². The topological polar surface area (TPSA) is 46.9 Å². The summed E-state index contributed by atoms with van der Waals surface area (Å²) in [6.45, 7) is 0. The minimum atomic E-state index is -4.52. The first-order valence-electron chi connectivity index (χ1n) is 8.22. The molecule has 0 spiro atoms. The molecule has 10 heteroatoms. The van der Waals surface area contributed by atoms with E-state index in [0.29, 0.717) is 10.2 Å². The Morgan fingerprint density at radius 2 is 1.86 bits per heavy atom. The highest BCUT2D eigenvalue weighted by atomic mass is 35.5. The van der Waals surface area contributed by atoms with Crippen LogP contribution in [0.5, 0.6) is 0 Å². The molecule has 0 unspecified atom stereocenters. The average Bonchev–Trinajstić information content (AvgIpc) is 3.02. The van der Waals surface area contributed by atoms with Gasteiger partial charge in [0, 0.05) is 12.1 Å². The molecule has 0 aliphatic heterocycles. The predicted molar refractivity (Wildman–Crippen MR) is 109 cm³/mol. The van der Waals surface area contributed by atoms with Crippen molar-refractivity contribution in [3.05, 3.63) is 64.3 Å². The Labute approximate surface area is 179 Å². The molecule has 1 heterocycles. The van der Waals surface area contributed by atoms with Crippen LogP contribution in [0.15, 0.2) is 53.8 Å². The first-order chi connectivity index (χ1) is 13.6. The van der Waals surface area contributed by atoms with Gasteiger partial charge in [-0.25, -0.2) is 4.98 Å². The molecule has 0 atom stereocenters. The number of hydrogen-bond acceptors (Lipinski definition) is 3. The van der Waals surface area contributed by atoms with Gasteiger partial charge in [0.25, 0.3) is 0 Å². The van der Waals surface area contributed by atoms with E-state index in [9.17, 15) is 18.0 Å².